The number of aliphatic hydroxyl groups excluding tert-OH is 1. The van der Waals surface area contributed by atoms with Crippen molar-refractivity contribution < 1.29 is 30.0 Å². The van der Waals surface area contributed by atoms with Crippen molar-refractivity contribution in [3.8, 4) is 5.69 Å². The zero-order chi connectivity index (χ0) is 30.5. The van der Waals surface area contributed by atoms with Gasteiger partial charge in [-0.3, -0.25) is 4.79 Å². The van der Waals surface area contributed by atoms with E-state index < -0.39 is 5.41 Å². The van der Waals surface area contributed by atoms with Crippen LogP contribution >= 0.6 is 0 Å². The third-order valence-corrected chi connectivity index (χ3v) is 10.2. The monoisotopic (exact) mass is 824 g/mol. The van der Waals surface area contributed by atoms with Crippen molar-refractivity contribution in [3.63, 3.8) is 0 Å². The molecule has 225 valence electrons. The summed E-state index contributed by atoms with van der Waals surface area (Å²) in [5, 5.41) is 15.8. The summed E-state index contributed by atoms with van der Waals surface area (Å²) in [6.45, 7) is 11.1. The van der Waals surface area contributed by atoms with Crippen LogP contribution in [0.4, 0.5) is 0 Å². The number of para-hydroxylation sites is 1. The topological polar surface area (TPSA) is 55.1 Å². The molecule has 3 aromatic heterocycles. The summed E-state index contributed by atoms with van der Waals surface area (Å²) in [5.74, 6) is 0.104. The molecule has 0 fully saturated rings. The van der Waals surface area contributed by atoms with Gasteiger partial charge in [0.2, 0.25) is 0 Å². The molecule has 1 N–H and O–H groups in total. The molecule has 4 aromatic carbocycles. The van der Waals surface area contributed by atoms with Crippen LogP contribution in [-0.4, -0.2) is 34.9 Å². The maximum atomic E-state index is 11.5. The number of hydrogen-bond donors (Lipinski definition) is 1. The molecular weight excluding hydrogens is 788 g/mol. The Morgan fingerprint density at radius 2 is 1.52 bits per heavy atom. The first-order valence-electron chi connectivity index (χ1n) is 14.5. The van der Waals surface area contributed by atoms with Gasteiger partial charge < -0.3 is 5.11 Å². The average Bonchev–Trinajstić information content (AvgIpc) is 3.24. The van der Waals surface area contributed by atoms with Crippen molar-refractivity contribution in [2.45, 2.75) is 41.5 Å². The number of hydrogen-bond acceptors (Lipinski definition) is 3. The number of nitrogens with zero attached hydrogens (tertiary/aromatic N) is 2. The standard InChI is InChI=1S/C27H15N2Se.C11H20O2.Ir/c1-2-9-18(10-3-1)29-21-13-6-12-20-24(21)25-22(29)14-7-15-23(25)30-27-19-11-5-4-8-17(19)16-28-26(20)27;1-10(2,3)8(12)7-9(13)11(4,5)6;/h1-11,13-16H;7,12H,1-6H3;/q-1;;/b;8-7-;. The van der Waals surface area contributed by atoms with Gasteiger partial charge in [-0.15, -0.1) is 0 Å². The summed E-state index contributed by atoms with van der Waals surface area (Å²) in [4.78, 5) is 16.4. The van der Waals surface area contributed by atoms with Crippen molar-refractivity contribution in [2.75, 3.05) is 0 Å². The Kier molecular flexibility index (Phi) is 8.77. The number of aromatic nitrogens is 2. The summed E-state index contributed by atoms with van der Waals surface area (Å²) in [6, 6.07) is 33.8. The molecule has 0 aliphatic carbocycles. The van der Waals surface area contributed by atoms with E-state index in [1.54, 1.807) is 0 Å². The van der Waals surface area contributed by atoms with Crippen LogP contribution in [0.15, 0.2) is 103 Å². The van der Waals surface area contributed by atoms with Crippen molar-refractivity contribution >= 4 is 72.3 Å². The molecule has 6 heteroatoms. The van der Waals surface area contributed by atoms with Crippen molar-refractivity contribution in [1.29, 1.82) is 0 Å². The molecule has 3 heterocycles. The maximum absolute atomic E-state index is 11.5. The van der Waals surface area contributed by atoms with Crippen LogP contribution in [0.3, 0.4) is 0 Å². The molecule has 0 aliphatic heterocycles. The van der Waals surface area contributed by atoms with Gasteiger partial charge in [-0.25, -0.2) is 0 Å². The van der Waals surface area contributed by atoms with E-state index >= 15 is 0 Å². The Bertz CT molecular complexity index is 2180. The third-order valence-electron chi connectivity index (χ3n) is 7.70. The predicted octanol–water partition coefficient (Wildman–Crippen LogP) is 9.58. The fourth-order valence-corrected chi connectivity index (χ4v) is 7.79. The van der Waals surface area contributed by atoms with Crippen LogP contribution in [0.5, 0.6) is 0 Å². The number of ketones is 1. The summed E-state index contributed by atoms with van der Waals surface area (Å²) < 4.78 is 5.16. The average molecular weight is 823 g/mol. The number of allylic oxidation sites excluding steroid dienone is 2. The number of rotatable bonds is 2. The molecule has 0 spiro atoms. The molecular formula is C38H35IrN2O2Se-. The van der Waals surface area contributed by atoms with E-state index in [9.17, 15) is 9.90 Å². The minimum absolute atomic E-state index is 0. The molecule has 7 aromatic rings. The Labute approximate surface area is 277 Å². The summed E-state index contributed by atoms with van der Waals surface area (Å²) in [6.07, 6.45) is 3.35. The van der Waals surface area contributed by atoms with Gasteiger partial charge in [0.05, 0.1) is 0 Å². The normalized spacial score (nSPS) is 12.5. The van der Waals surface area contributed by atoms with Crippen LogP contribution in [-0.2, 0) is 24.9 Å². The molecule has 0 bridgehead atoms. The number of benzene rings is 4. The van der Waals surface area contributed by atoms with Crippen LogP contribution < -0.4 is 0 Å². The first-order valence-corrected chi connectivity index (χ1v) is 16.2. The number of fused-ring (bicyclic) bond motifs is 4. The molecule has 0 atom stereocenters. The number of pyridine rings is 1. The van der Waals surface area contributed by atoms with Gasteiger partial charge in [-0.1, -0.05) is 41.5 Å². The van der Waals surface area contributed by atoms with Gasteiger partial charge in [0, 0.05) is 37.0 Å². The Morgan fingerprint density at radius 3 is 2.23 bits per heavy atom. The summed E-state index contributed by atoms with van der Waals surface area (Å²) >= 11 is 0.158. The molecule has 1 radical (unpaired) electrons. The molecule has 0 unspecified atom stereocenters. The summed E-state index contributed by atoms with van der Waals surface area (Å²) in [5.41, 5.74) is 3.99. The van der Waals surface area contributed by atoms with Crippen molar-refractivity contribution in [3.05, 3.63) is 109 Å². The molecule has 0 saturated heterocycles. The Balaban J connectivity index is 0.000000237. The number of aliphatic hydroxyl groups is 1. The Hall–Kier alpha value is -3.53. The second kappa shape index (κ2) is 12.1. The van der Waals surface area contributed by atoms with Gasteiger partial charge in [0.25, 0.3) is 0 Å². The second-order valence-corrected chi connectivity index (χ2v) is 15.2. The van der Waals surface area contributed by atoms with E-state index in [4.69, 9.17) is 4.98 Å². The van der Waals surface area contributed by atoms with E-state index in [1.165, 1.54) is 52.9 Å². The molecule has 44 heavy (non-hydrogen) atoms. The SMILES string of the molecule is CC(C)(C)C(=O)/C=C(\O)C(C)(C)C.[Ir].[c-]1ccc2c3c1c1ncc4ccccc4c1[se]c1cccc(c13)n2-c1ccccc1. The van der Waals surface area contributed by atoms with Gasteiger partial charge in [0.1, 0.15) is 5.76 Å². The van der Waals surface area contributed by atoms with Crippen molar-refractivity contribution in [2.24, 2.45) is 10.8 Å². The fourth-order valence-electron chi connectivity index (χ4n) is 5.23. The van der Waals surface area contributed by atoms with Gasteiger partial charge in [-0.05, 0) is 0 Å². The van der Waals surface area contributed by atoms with Gasteiger partial charge >= 0.3 is 179 Å². The van der Waals surface area contributed by atoms with Gasteiger partial charge in [0.15, 0.2) is 5.78 Å². The zero-order valence-corrected chi connectivity index (χ0v) is 29.8. The number of carbonyl (C=O) groups excluding carboxylic acids is 1. The fraction of sp³-hybridized carbons (Fsp3) is 0.211. The molecule has 0 amide bonds. The second-order valence-electron chi connectivity index (χ2n) is 13.0. The molecule has 0 aliphatic rings. The predicted molar refractivity (Wildman–Crippen MR) is 181 cm³/mol. The molecule has 0 saturated carbocycles. The molecule has 7 rings (SSSR count). The zero-order valence-electron chi connectivity index (χ0n) is 25.7. The van der Waals surface area contributed by atoms with Crippen LogP contribution in [0.1, 0.15) is 41.5 Å². The van der Waals surface area contributed by atoms with E-state index in [0.29, 0.717) is 0 Å². The van der Waals surface area contributed by atoms with Crippen LogP contribution in [0.25, 0.3) is 57.7 Å². The quantitative estimate of drug-likeness (QED) is 0.0819. The van der Waals surface area contributed by atoms with Crippen LogP contribution in [0, 0.1) is 16.9 Å². The van der Waals surface area contributed by atoms with Crippen molar-refractivity contribution in [1.82, 2.24) is 9.55 Å². The number of carbonyl (C=O) groups is 1. The van der Waals surface area contributed by atoms with E-state index in [-0.39, 0.29) is 51.6 Å². The van der Waals surface area contributed by atoms with Crippen LogP contribution in [0.2, 0.25) is 0 Å². The van der Waals surface area contributed by atoms with Gasteiger partial charge in [-0.2, -0.15) is 0 Å². The molecule has 4 nitrogen and oxygen atoms in total. The Morgan fingerprint density at radius 1 is 0.841 bits per heavy atom. The van der Waals surface area contributed by atoms with E-state index in [1.807, 2.05) is 47.7 Å². The van der Waals surface area contributed by atoms with E-state index in [0.717, 1.165) is 10.9 Å². The first kappa shape index (κ1) is 31.9. The van der Waals surface area contributed by atoms with E-state index in [2.05, 4.69) is 95.6 Å². The first-order chi connectivity index (χ1) is 20.4. The minimum atomic E-state index is -0.417. The summed E-state index contributed by atoms with van der Waals surface area (Å²) in [7, 11) is 0. The third kappa shape index (κ3) is 5.80.